The van der Waals surface area contributed by atoms with Crippen molar-refractivity contribution in [2.24, 2.45) is 0 Å². The second-order valence-electron chi connectivity index (χ2n) is 1.68. The third kappa shape index (κ3) is 7.85. The molecule has 0 heterocycles. The van der Waals surface area contributed by atoms with E-state index in [9.17, 15) is 9.59 Å². The zero-order chi connectivity index (χ0) is 7.28. The van der Waals surface area contributed by atoms with E-state index in [4.69, 9.17) is 0 Å². The Balaban J connectivity index is 0. The van der Waals surface area contributed by atoms with E-state index in [1.54, 1.807) is 6.92 Å². The van der Waals surface area contributed by atoms with Gasteiger partial charge < -0.3 is 4.74 Å². The molecule has 0 aliphatic carbocycles. The summed E-state index contributed by atoms with van der Waals surface area (Å²) in [5.41, 5.74) is 0. The molecule has 56 valence electrons. The van der Waals surface area contributed by atoms with Crippen molar-refractivity contribution in [1.29, 1.82) is 0 Å². The van der Waals surface area contributed by atoms with Crippen LogP contribution in [-0.2, 0) is 36.0 Å². The van der Waals surface area contributed by atoms with Crippen LogP contribution in [0.15, 0.2) is 0 Å². The fourth-order valence-corrected chi connectivity index (χ4v) is 0.415. The van der Waals surface area contributed by atoms with Crippen LogP contribution in [0.3, 0.4) is 0 Å². The van der Waals surface area contributed by atoms with Crippen LogP contribution in [0.2, 0.25) is 0 Å². The van der Waals surface area contributed by atoms with Crippen molar-refractivity contribution in [2.75, 3.05) is 6.61 Å². The normalized spacial score (nSPS) is 7.80. The number of ketones is 1. The summed E-state index contributed by atoms with van der Waals surface area (Å²) in [6, 6.07) is 0. The molecule has 0 atom stereocenters. The van der Waals surface area contributed by atoms with Crippen LogP contribution in [0.5, 0.6) is 0 Å². The molecule has 0 fully saturated rings. The van der Waals surface area contributed by atoms with E-state index < -0.39 is 5.97 Å². The molecule has 0 aromatic heterocycles. The second-order valence-corrected chi connectivity index (χ2v) is 1.68. The molecule has 0 unspecified atom stereocenters. The SMILES string of the molecule is CCOC(=O)CC(C)=O.[Ti]. The van der Waals surface area contributed by atoms with Crippen molar-refractivity contribution in [2.45, 2.75) is 20.3 Å². The van der Waals surface area contributed by atoms with E-state index >= 15 is 0 Å². The molecule has 4 heteroatoms. The summed E-state index contributed by atoms with van der Waals surface area (Å²) in [5, 5.41) is 0. The summed E-state index contributed by atoms with van der Waals surface area (Å²) >= 11 is 0. The molecule has 0 amide bonds. The molecule has 0 aromatic carbocycles. The van der Waals surface area contributed by atoms with E-state index in [1.165, 1.54) is 6.92 Å². The molecule has 10 heavy (non-hydrogen) atoms. The van der Waals surface area contributed by atoms with Crippen LogP contribution in [0.4, 0.5) is 0 Å². The summed E-state index contributed by atoms with van der Waals surface area (Å²) < 4.78 is 4.49. The molecule has 3 nitrogen and oxygen atoms in total. The second kappa shape index (κ2) is 6.97. The van der Waals surface area contributed by atoms with Gasteiger partial charge in [0.25, 0.3) is 0 Å². The van der Waals surface area contributed by atoms with Crippen molar-refractivity contribution in [3.63, 3.8) is 0 Å². The molecule has 0 saturated carbocycles. The minimum Gasteiger partial charge on any atom is -0.466 e. The smallest absolute Gasteiger partial charge is 0.313 e. The summed E-state index contributed by atoms with van der Waals surface area (Å²) in [6.07, 6.45) is -0.103. The number of hydrogen-bond donors (Lipinski definition) is 0. The molecule has 0 bridgehead atoms. The van der Waals surface area contributed by atoms with Crippen molar-refractivity contribution in [1.82, 2.24) is 0 Å². The van der Waals surface area contributed by atoms with E-state index in [1.807, 2.05) is 0 Å². The number of rotatable bonds is 3. The molecule has 0 rings (SSSR count). The van der Waals surface area contributed by atoms with Gasteiger partial charge in [-0.2, -0.15) is 0 Å². The number of Topliss-reactive ketones (excluding diaryl/α,β-unsaturated/α-hetero) is 1. The van der Waals surface area contributed by atoms with Crippen molar-refractivity contribution < 1.29 is 36.0 Å². The monoisotopic (exact) mass is 178 g/mol. The van der Waals surface area contributed by atoms with Gasteiger partial charge in [0.15, 0.2) is 0 Å². The zero-order valence-corrected chi connectivity index (χ0v) is 7.70. The van der Waals surface area contributed by atoms with E-state index in [0.717, 1.165) is 0 Å². The molecular formula is C6H10O3Ti. The van der Waals surface area contributed by atoms with Crippen LogP contribution < -0.4 is 0 Å². The maximum Gasteiger partial charge on any atom is 0.313 e. The Hall–Kier alpha value is -0.146. The molecule has 0 aliphatic heterocycles. The minimum atomic E-state index is -0.440. The van der Waals surface area contributed by atoms with Crippen LogP contribution in [-0.4, -0.2) is 18.4 Å². The minimum absolute atomic E-state index is 0. The Kier molecular flexibility index (Phi) is 8.73. The summed E-state index contributed by atoms with van der Waals surface area (Å²) in [4.78, 5) is 20.6. The van der Waals surface area contributed by atoms with Crippen molar-refractivity contribution in [3.05, 3.63) is 0 Å². The molecular weight excluding hydrogens is 168 g/mol. The Morgan fingerprint density at radius 1 is 1.40 bits per heavy atom. The van der Waals surface area contributed by atoms with Crippen molar-refractivity contribution in [3.8, 4) is 0 Å². The number of carbonyl (C=O) groups excluding carboxylic acids is 2. The number of esters is 1. The predicted octanol–water partition coefficient (Wildman–Crippen LogP) is 0.526. The maximum absolute atomic E-state index is 10.4. The van der Waals surface area contributed by atoms with E-state index in [0.29, 0.717) is 6.61 Å². The zero-order valence-electron chi connectivity index (χ0n) is 6.14. The summed E-state index contributed by atoms with van der Waals surface area (Å²) in [6.45, 7) is 3.40. The average molecular weight is 178 g/mol. The van der Waals surface area contributed by atoms with Gasteiger partial charge in [-0.05, 0) is 13.8 Å². The van der Waals surface area contributed by atoms with E-state index in [-0.39, 0.29) is 33.9 Å². The van der Waals surface area contributed by atoms with Crippen LogP contribution in [0.1, 0.15) is 20.3 Å². The van der Waals surface area contributed by atoms with Gasteiger partial charge in [-0.1, -0.05) is 0 Å². The van der Waals surface area contributed by atoms with Crippen LogP contribution >= 0.6 is 0 Å². The van der Waals surface area contributed by atoms with Crippen LogP contribution in [0, 0.1) is 0 Å². The summed E-state index contributed by atoms with van der Waals surface area (Å²) in [5.74, 6) is -0.599. The first-order valence-electron chi connectivity index (χ1n) is 2.82. The fraction of sp³-hybridized carbons (Fsp3) is 0.667. The Morgan fingerprint density at radius 2 is 1.90 bits per heavy atom. The molecule has 0 saturated heterocycles. The predicted molar refractivity (Wildman–Crippen MR) is 31.9 cm³/mol. The first-order valence-corrected chi connectivity index (χ1v) is 2.82. The molecule has 0 radical (unpaired) electrons. The number of ether oxygens (including phenoxy) is 1. The third-order valence-electron chi connectivity index (χ3n) is 0.699. The topological polar surface area (TPSA) is 43.4 Å². The van der Waals surface area contributed by atoms with Gasteiger partial charge in [0.2, 0.25) is 0 Å². The van der Waals surface area contributed by atoms with Gasteiger partial charge >= 0.3 is 5.97 Å². The average Bonchev–Trinajstić information content (AvgIpc) is 1.63. The Bertz CT molecular complexity index is 122. The fourth-order valence-electron chi connectivity index (χ4n) is 0.415. The summed E-state index contributed by atoms with van der Waals surface area (Å²) in [7, 11) is 0. The van der Waals surface area contributed by atoms with Gasteiger partial charge in [0, 0.05) is 21.7 Å². The first-order chi connectivity index (χ1) is 4.16. The van der Waals surface area contributed by atoms with Gasteiger partial charge in [0.05, 0.1) is 6.61 Å². The van der Waals surface area contributed by atoms with Crippen molar-refractivity contribution >= 4 is 11.8 Å². The van der Waals surface area contributed by atoms with Gasteiger partial charge in [0.1, 0.15) is 12.2 Å². The standard InChI is InChI=1S/C6H10O3.Ti/c1-3-9-6(8)4-5(2)7;/h3-4H2,1-2H3;. The maximum atomic E-state index is 10.4. The molecule has 0 aliphatic rings. The largest absolute Gasteiger partial charge is 0.466 e. The molecule has 0 N–H and O–H groups in total. The van der Waals surface area contributed by atoms with Gasteiger partial charge in [-0.25, -0.2) is 0 Å². The third-order valence-corrected chi connectivity index (χ3v) is 0.699. The quantitative estimate of drug-likeness (QED) is 0.359. The molecule has 0 aromatic rings. The first kappa shape index (κ1) is 12.5. The van der Waals surface area contributed by atoms with Crippen LogP contribution in [0.25, 0.3) is 0 Å². The Labute approximate surface area is 75.0 Å². The van der Waals surface area contributed by atoms with Gasteiger partial charge in [-0.3, -0.25) is 9.59 Å². The van der Waals surface area contributed by atoms with E-state index in [2.05, 4.69) is 4.74 Å². The molecule has 0 spiro atoms. The number of hydrogen-bond acceptors (Lipinski definition) is 3. The Morgan fingerprint density at radius 3 is 2.20 bits per heavy atom. The van der Waals surface area contributed by atoms with Gasteiger partial charge in [-0.15, -0.1) is 0 Å². The number of carbonyl (C=O) groups is 2.